The lowest BCUT2D eigenvalue weighted by atomic mass is 10.4. The summed E-state index contributed by atoms with van der Waals surface area (Å²) in [4.78, 5) is 9.72. The molecule has 1 rings (SSSR count). The summed E-state index contributed by atoms with van der Waals surface area (Å²) in [6.07, 6.45) is 4.14. The van der Waals surface area contributed by atoms with Crippen LogP contribution in [0.3, 0.4) is 0 Å². The van der Waals surface area contributed by atoms with Gasteiger partial charge in [-0.05, 0) is 24.6 Å². The summed E-state index contributed by atoms with van der Waals surface area (Å²) < 4.78 is 0. The molecular formula is C13H19ClO. The van der Waals surface area contributed by atoms with Gasteiger partial charge in [0.2, 0.25) is 5.24 Å². The van der Waals surface area contributed by atoms with Crippen molar-refractivity contribution in [2.45, 2.75) is 27.2 Å². The summed E-state index contributed by atoms with van der Waals surface area (Å²) in [7, 11) is 0. The van der Waals surface area contributed by atoms with Gasteiger partial charge in [-0.25, -0.2) is 0 Å². The molecule has 1 aromatic carbocycles. The topological polar surface area (TPSA) is 17.1 Å². The van der Waals surface area contributed by atoms with E-state index in [1.165, 1.54) is 12.5 Å². The number of hydrogen-bond donors (Lipinski definition) is 0. The van der Waals surface area contributed by atoms with Crippen molar-refractivity contribution < 1.29 is 4.79 Å². The van der Waals surface area contributed by atoms with Crippen LogP contribution in [0.25, 0.3) is 0 Å². The molecule has 0 aliphatic carbocycles. The van der Waals surface area contributed by atoms with Crippen LogP contribution in [0.1, 0.15) is 27.2 Å². The van der Waals surface area contributed by atoms with E-state index in [1.807, 2.05) is 36.4 Å². The van der Waals surface area contributed by atoms with Gasteiger partial charge in [0.15, 0.2) is 0 Å². The fourth-order valence-corrected chi connectivity index (χ4v) is 0.642. The van der Waals surface area contributed by atoms with Crippen LogP contribution in [0.2, 0.25) is 0 Å². The Hall–Kier alpha value is -1.08. The van der Waals surface area contributed by atoms with Crippen LogP contribution >= 0.6 is 11.6 Å². The van der Waals surface area contributed by atoms with Crippen molar-refractivity contribution in [3.63, 3.8) is 0 Å². The number of halogens is 1. The lowest BCUT2D eigenvalue weighted by Gasteiger charge is -1.69. The van der Waals surface area contributed by atoms with E-state index in [0.717, 1.165) is 0 Å². The van der Waals surface area contributed by atoms with Gasteiger partial charge in [-0.3, -0.25) is 4.79 Å². The third-order valence-corrected chi connectivity index (χ3v) is 1.09. The predicted octanol–water partition coefficient (Wildman–Crippen LogP) is 4.43. The van der Waals surface area contributed by atoms with E-state index < -0.39 is 5.24 Å². The molecular weight excluding hydrogens is 208 g/mol. The minimum absolute atomic E-state index is 0.419. The zero-order valence-electron chi connectivity index (χ0n) is 9.61. The summed E-state index contributed by atoms with van der Waals surface area (Å²) in [6.45, 7) is 5.99. The SMILES string of the molecule is CC=CC(=O)Cl.CCC.c1ccccc1. The van der Waals surface area contributed by atoms with Gasteiger partial charge in [-0.15, -0.1) is 0 Å². The molecule has 0 aliphatic heterocycles. The van der Waals surface area contributed by atoms with Crippen LogP contribution in [0.5, 0.6) is 0 Å². The summed E-state index contributed by atoms with van der Waals surface area (Å²) in [5.41, 5.74) is 0. The van der Waals surface area contributed by atoms with Crippen LogP contribution in [0.4, 0.5) is 0 Å². The molecule has 1 aromatic rings. The monoisotopic (exact) mass is 226 g/mol. The Morgan fingerprint density at radius 1 is 1.07 bits per heavy atom. The number of carbonyl (C=O) groups is 1. The zero-order chi connectivity index (χ0) is 11.9. The Balaban J connectivity index is 0. The van der Waals surface area contributed by atoms with Crippen molar-refractivity contribution in [1.82, 2.24) is 0 Å². The minimum atomic E-state index is -0.419. The second-order valence-corrected chi connectivity index (χ2v) is 3.04. The molecule has 2 heteroatoms. The summed E-state index contributed by atoms with van der Waals surface area (Å²) in [6, 6.07) is 12.0. The van der Waals surface area contributed by atoms with Gasteiger partial charge in [-0.2, -0.15) is 0 Å². The number of rotatable bonds is 1. The Morgan fingerprint density at radius 3 is 1.40 bits per heavy atom. The highest BCUT2D eigenvalue weighted by Gasteiger charge is 1.77. The lowest BCUT2D eigenvalue weighted by Crippen LogP contribution is -1.70. The molecule has 0 radical (unpaired) electrons. The van der Waals surface area contributed by atoms with E-state index in [1.54, 1.807) is 13.0 Å². The molecule has 84 valence electrons. The Morgan fingerprint density at radius 2 is 1.33 bits per heavy atom. The largest absolute Gasteiger partial charge is 0.276 e. The smallest absolute Gasteiger partial charge is 0.244 e. The molecule has 0 saturated heterocycles. The van der Waals surface area contributed by atoms with Crippen molar-refractivity contribution in [2.24, 2.45) is 0 Å². The molecule has 0 atom stereocenters. The molecule has 0 bridgehead atoms. The lowest BCUT2D eigenvalue weighted by molar-refractivity contribution is -0.107. The highest BCUT2D eigenvalue weighted by atomic mass is 35.5. The van der Waals surface area contributed by atoms with Crippen molar-refractivity contribution in [3.8, 4) is 0 Å². The van der Waals surface area contributed by atoms with Gasteiger partial charge in [0.05, 0.1) is 0 Å². The summed E-state index contributed by atoms with van der Waals surface area (Å²) >= 11 is 4.85. The highest BCUT2D eigenvalue weighted by Crippen LogP contribution is 1.80. The van der Waals surface area contributed by atoms with Gasteiger partial charge in [0, 0.05) is 0 Å². The maximum Gasteiger partial charge on any atom is 0.244 e. The fraction of sp³-hybridized carbons (Fsp3) is 0.308. The van der Waals surface area contributed by atoms with E-state index in [4.69, 9.17) is 11.6 Å². The Kier molecular flexibility index (Phi) is 16.8. The van der Waals surface area contributed by atoms with E-state index in [9.17, 15) is 4.79 Å². The molecule has 0 spiro atoms. The number of carbonyl (C=O) groups excluding carboxylic acids is 1. The van der Waals surface area contributed by atoms with E-state index >= 15 is 0 Å². The van der Waals surface area contributed by atoms with Crippen LogP contribution in [-0.4, -0.2) is 5.24 Å². The standard InChI is InChI=1S/C6H6.C4H5ClO.C3H8/c1-2-4-6-5-3-1;1-2-3-4(5)6;1-3-2/h1-6H;2-3H,1H3;3H2,1-2H3. The summed E-state index contributed by atoms with van der Waals surface area (Å²) in [5, 5.41) is -0.419. The first-order valence-electron chi connectivity index (χ1n) is 5.01. The normalized spacial score (nSPS) is 8.27. The van der Waals surface area contributed by atoms with Crippen molar-refractivity contribution >= 4 is 16.8 Å². The highest BCUT2D eigenvalue weighted by molar-refractivity contribution is 6.66. The van der Waals surface area contributed by atoms with Crippen LogP contribution < -0.4 is 0 Å². The molecule has 1 nitrogen and oxygen atoms in total. The maximum absolute atomic E-state index is 9.72. The second-order valence-electron chi connectivity index (χ2n) is 2.67. The quantitative estimate of drug-likeness (QED) is 0.512. The Labute approximate surface area is 97.8 Å². The maximum atomic E-state index is 9.72. The molecule has 0 amide bonds. The van der Waals surface area contributed by atoms with Gasteiger partial charge in [0.25, 0.3) is 0 Å². The molecule has 0 aromatic heterocycles. The van der Waals surface area contributed by atoms with Crippen LogP contribution in [0.15, 0.2) is 48.6 Å². The first-order chi connectivity index (χ1) is 7.18. The van der Waals surface area contributed by atoms with Crippen molar-refractivity contribution in [1.29, 1.82) is 0 Å². The molecule has 0 saturated carbocycles. The first-order valence-corrected chi connectivity index (χ1v) is 5.38. The number of benzene rings is 1. The van der Waals surface area contributed by atoms with Crippen molar-refractivity contribution in [3.05, 3.63) is 48.6 Å². The molecule has 0 N–H and O–H groups in total. The molecule has 15 heavy (non-hydrogen) atoms. The average Bonchev–Trinajstić information content (AvgIpc) is 2.22. The molecule has 0 fully saturated rings. The van der Waals surface area contributed by atoms with Crippen LogP contribution in [0, 0.1) is 0 Å². The van der Waals surface area contributed by atoms with Crippen LogP contribution in [-0.2, 0) is 4.79 Å². The molecule has 0 heterocycles. The van der Waals surface area contributed by atoms with Crippen molar-refractivity contribution in [2.75, 3.05) is 0 Å². The van der Waals surface area contributed by atoms with Gasteiger partial charge >= 0.3 is 0 Å². The second kappa shape index (κ2) is 15.4. The van der Waals surface area contributed by atoms with E-state index in [0.29, 0.717) is 0 Å². The first kappa shape index (κ1) is 16.4. The third-order valence-electron chi connectivity index (χ3n) is 0.964. The van der Waals surface area contributed by atoms with E-state index in [-0.39, 0.29) is 0 Å². The average molecular weight is 227 g/mol. The number of allylic oxidation sites excluding steroid dienone is 2. The van der Waals surface area contributed by atoms with Gasteiger partial charge in [0.1, 0.15) is 0 Å². The third kappa shape index (κ3) is 24.6. The van der Waals surface area contributed by atoms with Gasteiger partial charge in [-0.1, -0.05) is 62.7 Å². The molecule has 0 unspecified atom stereocenters. The number of hydrogen-bond acceptors (Lipinski definition) is 1. The van der Waals surface area contributed by atoms with E-state index in [2.05, 4.69) is 13.8 Å². The Bertz CT molecular complexity index is 215. The summed E-state index contributed by atoms with van der Waals surface area (Å²) in [5.74, 6) is 0. The fourth-order valence-electron chi connectivity index (χ4n) is 0.516. The zero-order valence-corrected chi connectivity index (χ0v) is 10.4. The predicted molar refractivity (Wildman–Crippen MR) is 68.1 cm³/mol. The minimum Gasteiger partial charge on any atom is -0.276 e. The molecule has 0 aliphatic rings. The van der Waals surface area contributed by atoms with Gasteiger partial charge < -0.3 is 0 Å².